The van der Waals surface area contributed by atoms with Gasteiger partial charge in [0.2, 0.25) is 11.8 Å². The van der Waals surface area contributed by atoms with E-state index in [9.17, 15) is 9.18 Å². The molecule has 0 spiro atoms. The molecular formula is C23H19FN2OS. The molecule has 1 heterocycles. The molecule has 1 aromatic heterocycles. The van der Waals surface area contributed by atoms with E-state index in [0.29, 0.717) is 12.1 Å². The first-order chi connectivity index (χ1) is 13.6. The second kappa shape index (κ2) is 9.15. The van der Waals surface area contributed by atoms with Crippen LogP contribution in [0.3, 0.4) is 0 Å². The lowest BCUT2D eigenvalue weighted by Crippen LogP contribution is -2.47. The Morgan fingerprint density at radius 1 is 1.07 bits per heavy atom. The summed E-state index contributed by atoms with van der Waals surface area (Å²) in [5.74, 6) is -0.640. The molecule has 0 saturated carbocycles. The third kappa shape index (κ3) is 4.56. The highest BCUT2D eigenvalue weighted by Gasteiger charge is 2.28. The van der Waals surface area contributed by atoms with Gasteiger partial charge in [0, 0.05) is 17.2 Å². The van der Waals surface area contributed by atoms with E-state index < -0.39 is 11.9 Å². The third-order valence-corrected chi connectivity index (χ3v) is 4.57. The minimum absolute atomic E-state index is 0.243. The van der Waals surface area contributed by atoms with Crippen molar-refractivity contribution in [2.24, 2.45) is 4.99 Å². The Bertz CT molecular complexity index is 1000. The van der Waals surface area contributed by atoms with Gasteiger partial charge in [0.15, 0.2) is 12.4 Å². The standard InChI is InChI=1S/C23H19FN2OS/c1-2-14-25-23(28)21(22(27)18-10-12-20(24)13-11-18)26-15-6-9-19(16-26)17-7-4-3-5-8-17/h2-13,15-16,21H,1,14H2. The monoisotopic (exact) mass is 390 g/mol. The molecule has 0 N–H and O–H groups in total. The Morgan fingerprint density at radius 3 is 2.43 bits per heavy atom. The number of nitrogens with zero attached hydrogens (tertiary/aromatic N) is 2. The molecule has 0 amide bonds. The van der Waals surface area contributed by atoms with Crippen LogP contribution < -0.4 is 4.57 Å². The maximum absolute atomic E-state index is 13.3. The number of carbonyl (C=O) groups excluding carboxylic acids is 1. The minimum Gasteiger partial charge on any atom is -0.758 e. The van der Waals surface area contributed by atoms with E-state index in [1.54, 1.807) is 16.8 Å². The average Bonchev–Trinajstić information content (AvgIpc) is 2.73. The van der Waals surface area contributed by atoms with Crippen molar-refractivity contribution in [3.8, 4) is 11.1 Å². The molecule has 0 aliphatic rings. The summed E-state index contributed by atoms with van der Waals surface area (Å²) in [5, 5.41) is 0.254. The van der Waals surface area contributed by atoms with Crippen LogP contribution in [0.15, 0.2) is 96.8 Å². The van der Waals surface area contributed by atoms with Gasteiger partial charge in [-0.3, -0.25) is 4.79 Å². The van der Waals surface area contributed by atoms with E-state index in [0.717, 1.165) is 11.1 Å². The number of hydrogen-bond acceptors (Lipinski definition) is 3. The first-order valence-corrected chi connectivity index (χ1v) is 9.19. The molecule has 0 aliphatic heterocycles. The molecule has 3 nitrogen and oxygen atoms in total. The fourth-order valence-corrected chi connectivity index (χ4v) is 3.15. The molecule has 28 heavy (non-hydrogen) atoms. The number of halogens is 1. The summed E-state index contributed by atoms with van der Waals surface area (Å²) in [6.45, 7) is 3.97. The van der Waals surface area contributed by atoms with Crippen molar-refractivity contribution >= 4 is 23.5 Å². The Hall–Kier alpha value is -3.18. The van der Waals surface area contributed by atoms with Crippen molar-refractivity contribution in [2.45, 2.75) is 6.04 Å². The molecule has 5 heteroatoms. The summed E-state index contributed by atoms with van der Waals surface area (Å²) in [6.07, 6.45) is 5.28. The van der Waals surface area contributed by atoms with Crippen LogP contribution in [-0.2, 0) is 12.6 Å². The summed E-state index contributed by atoms with van der Waals surface area (Å²) >= 11 is 5.45. The first kappa shape index (κ1) is 19.6. The first-order valence-electron chi connectivity index (χ1n) is 8.78. The number of Topliss-reactive ketones (excluding diaryl/α,β-unsaturated/α-hetero) is 1. The fraction of sp³-hybridized carbons (Fsp3) is 0.0870. The lowest BCUT2D eigenvalue weighted by Gasteiger charge is -2.19. The Morgan fingerprint density at radius 2 is 1.75 bits per heavy atom. The number of hydrogen-bond donors (Lipinski definition) is 0. The topological polar surface area (TPSA) is 33.3 Å². The van der Waals surface area contributed by atoms with Crippen LogP contribution in [0.1, 0.15) is 16.4 Å². The van der Waals surface area contributed by atoms with Crippen LogP contribution in [0.2, 0.25) is 0 Å². The predicted molar refractivity (Wildman–Crippen MR) is 112 cm³/mol. The molecule has 140 valence electrons. The lowest BCUT2D eigenvalue weighted by molar-refractivity contribution is -0.691. The summed E-state index contributed by atoms with van der Waals surface area (Å²) in [4.78, 5) is 17.5. The lowest BCUT2D eigenvalue weighted by atomic mass is 10.0. The van der Waals surface area contributed by atoms with Crippen LogP contribution in [0.5, 0.6) is 0 Å². The second-order valence-electron chi connectivity index (χ2n) is 6.15. The van der Waals surface area contributed by atoms with Gasteiger partial charge in [0.25, 0.3) is 0 Å². The van der Waals surface area contributed by atoms with Gasteiger partial charge in [-0.15, -0.1) is 6.58 Å². The zero-order chi connectivity index (χ0) is 19.9. The highest BCUT2D eigenvalue weighted by atomic mass is 32.1. The average molecular weight is 390 g/mol. The Labute approximate surface area is 169 Å². The normalized spacial score (nSPS) is 12.4. The van der Waals surface area contributed by atoms with Crippen LogP contribution in [-0.4, -0.2) is 17.4 Å². The van der Waals surface area contributed by atoms with Gasteiger partial charge in [-0.2, -0.15) is 4.57 Å². The van der Waals surface area contributed by atoms with Crippen molar-refractivity contribution in [3.63, 3.8) is 0 Å². The van der Waals surface area contributed by atoms with Crippen LogP contribution in [0.4, 0.5) is 4.39 Å². The van der Waals surface area contributed by atoms with Gasteiger partial charge in [-0.05, 0) is 40.9 Å². The van der Waals surface area contributed by atoms with E-state index in [-0.39, 0.29) is 10.8 Å². The molecule has 3 rings (SSSR count). The zero-order valence-corrected chi connectivity index (χ0v) is 16.0. The van der Waals surface area contributed by atoms with Crippen LogP contribution in [0, 0.1) is 5.82 Å². The SMILES string of the molecule is C=CCN=C([S-])C(C(=O)c1ccc(F)cc1)[n+]1cccc(-c2ccccc2)c1. The molecule has 0 bridgehead atoms. The maximum atomic E-state index is 13.3. The fourth-order valence-electron chi connectivity index (χ4n) is 2.84. The Kier molecular flexibility index (Phi) is 6.40. The van der Waals surface area contributed by atoms with E-state index in [2.05, 4.69) is 11.6 Å². The van der Waals surface area contributed by atoms with Crippen molar-refractivity contribution < 1.29 is 13.8 Å². The molecule has 1 atom stereocenters. The van der Waals surface area contributed by atoms with E-state index in [4.69, 9.17) is 12.6 Å². The number of carbonyl (C=O) groups is 1. The van der Waals surface area contributed by atoms with Gasteiger partial charge >= 0.3 is 0 Å². The summed E-state index contributed by atoms with van der Waals surface area (Å²) < 4.78 is 15.0. The van der Waals surface area contributed by atoms with Gasteiger partial charge in [-0.25, -0.2) is 4.39 Å². The van der Waals surface area contributed by atoms with E-state index in [1.165, 1.54) is 24.3 Å². The quantitative estimate of drug-likeness (QED) is 0.150. The van der Waals surface area contributed by atoms with Crippen molar-refractivity contribution in [2.75, 3.05) is 6.54 Å². The summed E-state index contributed by atoms with van der Waals surface area (Å²) in [7, 11) is 0. The molecule has 1 unspecified atom stereocenters. The number of aliphatic imine (C=N–C) groups is 1. The van der Waals surface area contributed by atoms with Gasteiger partial charge in [-0.1, -0.05) is 36.4 Å². The van der Waals surface area contributed by atoms with Crippen molar-refractivity contribution in [1.29, 1.82) is 0 Å². The summed E-state index contributed by atoms with van der Waals surface area (Å²) in [6, 6.07) is 18.3. The zero-order valence-electron chi connectivity index (χ0n) is 15.2. The predicted octanol–water partition coefficient (Wildman–Crippen LogP) is 4.34. The highest BCUT2D eigenvalue weighted by molar-refractivity contribution is 7.77. The molecule has 0 aliphatic carbocycles. The van der Waals surface area contributed by atoms with Gasteiger partial charge < -0.3 is 17.6 Å². The second-order valence-corrected chi connectivity index (χ2v) is 6.57. The highest BCUT2D eigenvalue weighted by Crippen LogP contribution is 2.18. The number of rotatable bonds is 7. The van der Waals surface area contributed by atoms with E-state index >= 15 is 0 Å². The largest absolute Gasteiger partial charge is 0.758 e. The molecule has 2 aromatic carbocycles. The molecule has 3 aromatic rings. The smallest absolute Gasteiger partial charge is 0.237 e. The third-order valence-electron chi connectivity index (χ3n) is 4.21. The maximum Gasteiger partial charge on any atom is 0.237 e. The number of benzene rings is 2. The minimum atomic E-state index is -0.802. The molecule has 0 radical (unpaired) electrons. The summed E-state index contributed by atoms with van der Waals surface area (Å²) in [5.41, 5.74) is 2.35. The van der Waals surface area contributed by atoms with Crippen LogP contribution >= 0.6 is 0 Å². The van der Waals surface area contributed by atoms with E-state index in [1.807, 2.05) is 48.7 Å². The molecular weight excluding hydrogens is 371 g/mol. The van der Waals surface area contributed by atoms with Gasteiger partial charge in [0.05, 0.1) is 6.54 Å². The van der Waals surface area contributed by atoms with Crippen molar-refractivity contribution in [1.82, 2.24) is 0 Å². The van der Waals surface area contributed by atoms with Crippen molar-refractivity contribution in [3.05, 3.63) is 103 Å². The Balaban J connectivity index is 2.05. The van der Waals surface area contributed by atoms with Crippen LogP contribution in [0.25, 0.3) is 11.1 Å². The van der Waals surface area contributed by atoms with Gasteiger partial charge in [0.1, 0.15) is 5.82 Å². The molecule has 0 fully saturated rings. The number of pyridine rings is 1. The number of ketones is 1. The molecule has 0 saturated heterocycles. The number of aromatic nitrogens is 1.